The van der Waals surface area contributed by atoms with Crippen molar-refractivity contribution in [3.05, 3.63) is 48.3 Å². The maximum absolute atomic E-state index is 14.1. The molecule has 2 aromatic heterocycles. The average Bonchev–Trinajstić information content (AvgIpc) is 3.58. The van der Waals surface area contributed by atoms with E-state index in [0.29, 0.717) is 29.2 Å². The molecule has 1 N–H and O–H groups in total. The Morgan fingerprint density at radius 3 is 2.82 bits per heavy atom. The second kappa shape index (κ2) is 8.29. The first kappa shape index (κ1) is 21.4. The van der Waals surface area contributed by atoms with Crippen molar-refractivity contribution < 1.29 is 23.3 Å². The van der Waals surface area contributed by atoms with Crippen LogP contribution in [0.4, 0.5) is 10.2 Å². The Labute approximate surface area is 195 Å². The van der Waals surface area contributed by atoms with Crippen LogP contribution >= 0.6 is 0 Å². The first-order valence-electron chi connectivity index (χ1n) is 11.3. The number of fused-ring (bicyclic) bond motifs is 2. The maximum atomic E-state index is 14.1. The molecule has 9 nitrogen and oxygen atoms in total. The minimum Gasteiger partial charge on any atom is -0.379 e. The molecule has 3 fully saturated rings. The minimum atomic E-state index is -0.810. The van der Waals surface area contributed by atoms with Gasteiger partial charge in [0.1, 0.15) is 30.5 Å². The predicted octanol–water partition coefficient (Wildman–Crippen LogP) is 2.64. The molecule has 34 heavy (non-hydrogen) atoms. The average molecular weight is 465 g/mol. The standard InChI is InChI=1S/C24H24FN5O4/c1-24(2)33-19-17(8-7-14-5-3-4-6-16(14)25)32-23(20(19)34-24)30-13-28-18-21(26-12-27-22(18)30)29-15-9-10-31-11-15/h3-6,12-13,15,17,19-20,23H,9-11H2,1-2H3,(H,26,27,29)/t15?,17-,19-,20+,23-/m1/s1. The molecular weight excluding hydrogens is 441 g/mol. The fourth-order valence-electron chi connectivity index (χ4n) is 4.61. The number of ether oxygens (including phenoxy) is 4. The van der Waals surface area contributed by atoms with Crippen LogP contribution < -0.4 is 5.32 Å². The van der Waals surface area contributed by atoms with E-state index in [1.54, 1.807) is 24.5 Å². The molecule has 1 unspecified atom stereocenters. The smallest absolute Gasteiger partial charge is 0.167 e. The van der Waals surface area contributed by atoms with Crippen molar-refractivity contribution in [3.63, 3.8) is 0 Å². The molecule has 3 aliphatic rings. The number of nitrogens with one attached hydrogen (secondary N) is 1. The fourth-order valence-corrected chi connectivity index (χ4v) is 4.61. The Hall–Kier alpha value is -3.10. The van der Waals surface area contributed by atoms with E-state index in [9.17, 15) is 4.39 Å². The van der Waals surface area contributed by atoms with Crippen LogP contribution in [-0.2, 0) is 18.9 Å². The van der Waals surface area contributed by atoms with Gasteiger partial charge in [-0.05, 0) is 32.4 Å². The lowest BCUT2D eigenvalue weighted by atomic mass is 10.1. The molecule has 0 radical (unpaired) electrons. The Morgan fingerprint density at radius 1 is 1.15 bits per heavy atom. The number of halogens is 1. The van der Waals surface area contributed by atoms with E-state index >= 15 is 0 Å². The number of aromatic nitrogens is 4. The lowest BCUT2D eigenvalue weighted by molar-refractivity contribution is -0.190. The molecule has 3 aromatic rings. The fraction of sp³-hybridized carbons (Fsp3) is 0.458. The van der Waals surface area contributed by atoms with Crippen molar-refractivity contribution in [2.75, 3.05) is 18.5 Å². The number of hydrogen-bond donors (Lipinski definition) is 1. The highest BCUT2D eigenvalue weighted by Gasteiger charge is 2.56. The van der Waals surface area contributed by atoms with E-state index < -0.39 is 30.3 Å². The first-order chi connectivity index (χ1) is 16.5. The van der Waals surface area contributed by atoms with Gasteiger partial charge in [-0.2, -0.15) is 0 Å². The zero-order chi connectivity index (χ0) is 23.3. The highest BCUT2D eigenvalue weighted by atomic mass is 19.1. The largest absolute Gasteiger partial charge is 0.379 e. The van der Waals surface area contributed by atoms with E-state index in [1.807, 2.05) is 18.4 Å². The quantitative estimate of drug-likeness (QED) is 0.591. The van der Waals surface area contributed by atoms with E-state index in [-0.39, 0.29) is 11.9 Å². The van der Waals surface area contributed by atoms with Gasteiger partial charge in [-0.3, -0.25) is 4.57 Å². The summed E-state index contributed by atoms with van der Waals surface area (Å²) in [6.45, 7) is 5.05. The molecule has 0 amide bonds. The van der Waals surface area contributed by atoms with Crippen molar-refractivity contribution in [2.24, 2.45) is 0 Å². The van der Waals surface area contributed by atoms with E-state index in [4.69, 9.17) is 18.9 Å². The zero-order valence-electron chi connectivity index (χ0n) is 18.8. The Kier molecular flexibility index (Phi) is 5.22. The lowest BCUT2D eigenvalue weighted by Crippen LogP contribution is -2.28. The van der Waals surface area contributed by atoms with Crippen LogP contribution in [0.25, 0.3) is 11.2 Å². The topological polar surface area (TPSA) is 92.6 Å². The third-order valence-electron chi connectivity index (χ3n) is 6.16. The Morgan fingerprint density at radius 2 is 2.00 bits per heavy atom. The third kappa shape index (κ3) is 3.80. The van der Waals surface area contributed by atoms with E-state index in [1.165, 1.54) is 12.4 Å². The molecule has 176 valence electrons. The highest BCUT2D eigenvalue weighted by molar-refractivity contribution is 5.82. The van der Waals surface area contributed by atoms with Crippen molar-refractivity contribution >= 4 is 17.0 Å². The van der Waals surface area contributed by atoms with Gasteiger partial charge in [-0.1, -0.05) is 24.0 Å². The predicted molar refractivity (Wildman–Crippen MR) is 119 cm³/mol. The van der Waals surface area contributed by atoms with Crippen molar-refractivity contribution in [1.29, 1.82) is 0 Å². The summed E-state index contributed by atoms with van der Waals surface area (Å²) >= 11 is 0. The van der Waals surface area contributed by atoms with Gasteiger partial charge in [-0.15, -0.1) is 0 Å². The summed E-state index contributed by atoms with van der Waals surface area (Å²) in [6, 6.07) is 6.56. The second-order valence-electron chi connectivity index (χ2n) is 9.01. The normalized spacial score (nSPS) is 29.7. The van der Waals surface area contributed by atoms with Crippen LogP contribution in [0, 0.1) is 17.7 Å². The molecule has 5 atom stereocenters. The van der Waals surface area contributed by atoms with Gasteiger partial charge in [0.2, 0.25) is 0 Å². The van der Waals surface area contributed by atoms with E-state index in [2.05, 4.69) is 32.1 Å². The van der Waals surface area contributed by atoms with Gasteiger partial charge in [0, 0.05) is 6.61 Å². The van der Waals surface area contributed by atoms with Crippen LogP contribution in [0.2, 0.25) is 0 Å². The van der Waals surface area contributed by atoms with Gasteiger partial charge in [0.05, 0.1) is 24.5 Å². The van der Waals surface area contributed by atoms with Crippen LogP contribution in [0.15, 0.2) is 36.9 Å². The summed E-state index contributed by atoms with van der Waals surface area (Å²) in [7, 11) is 0. The van der Waals surface area contributed by atoms with Crippen LogP contribution in [-0.4, -0.2) is 62.9 Å². The summed E-state index contributed by atoms with van der Waals surface area (Å²) in [5, 5.41) is 3.39. The molecule has 3 saturated heterocycles. The molecule has 6 rings (SSSR count). The minimum absolute atomic E-state index is 0.181. The molecule has 0 aliphatic carbocycles. The van der Waals surface area contributed by atoms with Gasteiger partial charge in [0.15, 0.2) is 29.0 Å². The summed E-state index contributed by atoms with van der Waals surface area (Å²) in [4.78, 5) is 13.4. The number of imidazole rings is 1. The third-order valence-corrected chi connectivity index (χ3v) is 6.16. The molecular formula is C24H24FN5O4. The highest BCUT2D eigenvalue weighted by Crippen LogP contribution is 2.43. The van der Waals surface area contributed by atoms with Crippen molar-refractivity contribution in [3.8, 4) is 11.8 Å². The van der Waals surface area contributed by atoms with Gasteiger partial charge >= 0.3 is 0 Å². The van der Waals surface area contributed by atoms with Gasteiger partial charge < -0.3 is 24.3 Å². The molecule has 0 bridgehead atoms. The van der Waals surface area contributed by atoms with Crippen LogP contribution in [0.1, 0.15) is 32.1 Å². The summed E-state index contributed by atoms with van der Waals surface area (Å²) < 4.78 is 39.9. The van der Waals surface area contributed by atoms with Crippen molar-refractivity contribution in [1.82, 2.24) is 19.5 Å². The molecule has 1 aromatic carbocycles. The van der Waals surface area contributed by atoms with Crippen molar-refractivity contribution in [2.45, 2.75) is 56.6 Å². The number of rotatable bonds is 3. The Balaban J connectivity index is 1.33. The Bertz CT molecular complexity index is 1280. The number of anilines is 1. The molecule has 10 heteroatoms. The van der Waals surface area contributed by atoms with E-state index in [0.717, 1.165) is 13.0 Å². The number of hydrogen-bond acceptors (Lipinski definition) is 8. The van der Waals surface area contributed by atoms with Gasteiger partial charge in [-0.25, -0.2) is 19.3 Å². The zero-order valence-corrected chi connectivity index (χ0v) is 18.8. The van der Waals surface area contributed by atoms with Crippen LogP contribution in [0.5, 0.6) is 0 Å². The SMILES string of the molecule is CC1(C)O[C@H]2[C@H](O1)[C@@H](C#Cc1ccccc1F)O[C@H]2n1cnc2c(NC3CCOC3)ncnc21. The summed E-state index contributed by atoms with van der Waals surface area (Å²) in [6.07, 6.45) is 1.98. The maximum Gasteiger partial charge on any atom is 0.167 e. The molecule has 0 spiro atoms. The second-order valence-corrected chi connectivity index (χ2v) is 9.01. The summed E-state index contributed by atoms with van der Waals surface area (Å²) in [5.41, 5.74) is 1.54. The first-order valence-corrected chi connectivity index (χ1v) is 11.3. The monoisotopic (exact) mass is 465 g/mol. The molecule has 5 heterocycles. The molecule has 0 saturated carbocycles. The number of nitrogens with zero attached hydrogens (tertiary/aromatic N) is 4. The van der Waals surface area contributed by atoms with Crippen LogP contribution in [0.3, 0.4) is 0 Å². The lowest BCUT2D eigenvalue weighted by Gasteiger charge is -2.23. The molecule has 3 aliphatic heterocycles. The van der Waals surface area contributed by atoms with Gasteiger partial charge in [0.25, 0.3) is 0 Å². The summed E-state index contributed by atoms with van der Waals surface area (Å²) in [5.74, 6) is 5.38. The number of benzene rings is 1.